The molecule has 0 aliphatic heterocycles. The number of hydrogen-bond acceptors (Lipinski definition) is 0. The van der Waals surface area contributed by atoms with E-state index in [0.29, 0.717) is 0 Å². The molecule has 2 aliphatic rings. The van der Waals surface area contributed by atoms with E-state index in [1.165, 1.54) is 33.4 Å². The fourth-order valence-electron chi connectivity index (χ4n) is 2.89. The molecular formula is C18H13Cl2Hf-3. The molecule has 106 valence electrons. The fraction of sp³-hybridized carbons (Fsp3) is 0.111. The molecule has 3 heteroatoms. The van der Waals surface area contributed by atoms with E-state index in [1.807, 2.05) is 0 Å². The van der Waals surface area contributed by atoms with Crippen LogP contribution < -0.4 is 24.8 Å². The summed E-state index contributed by atoms with van der Waals surface area (Å²) in [5, 5.41) is 0. The smallest absolute Gasteiger partial charge is 0 e. The summed E-state index contributed by atoms with van der Waals surface area (Å²) in [5.41, 5.74) is 8.16. The summed E-state index contributed by atoms with van der Waals surface area (Å²) in [6.45, 7) is 0. The van der Waals surface area contributed by atoms with Gasteiger partial charge in [-0.2, -0.15) is 0 Å². The number of hydrogen-bond donors (Lipinski definition) is 0. The molecule has 0 bridgehead atoms. The van der Waals surface area contributed by atoms with Crippen LogP contribution in [-0.4, -0.2) is 0 Å². The number of allylic oxidation sites excluding steroid dienone is 4. The summed E-state index contributed by atoms with van der Waals surface area (Å²) in [6, 6.07) is 16.7. The van der Waals surface area contributed by atoms with E-state index in [1.54, 1.807) is 0 Å². The van der Waals surface area contributed by atoms with Gasteiger partial charge < -0.3 is 24.8 Å². The minimum atomic E-state index is 0. The molecule has 0 spiro atoms. The van der Waals surface area contributed by atoms with Crippen LogP contribution in [0.5, 0.6) is 0 Å². The normalized spacial score (nSPS) is 13.2. The third-order valence-corrected chi connectivity index (χ3v) is 3.82. The van der Waals surface area contributed by atoms with E-state index >= 15 is 0 Å². The van der Waals surface area contributed by atoms with Crippen LogP contribution >= 0.6 is 0 Å². The first-order valence-electron chi connectivity index (χ1n) is 6.41. The molecular weight excluding hydrogens is 466 g/mol. The maximum absolute atomic E-state index is 3.61. The van der Waals surface area contributed by atoms with Crippen LogP contribution in [0.2, 0.25) is 0 Å². The molecule has 2 aromatic carbocycles. The van der Waals surface area contributed by atoms with Crippen molar-refractivity contribution in [3.8, 4) is 11.1 Å². The van der Waals surface area contributed by atoms with Crippen LogP contribution in [0.25, 0.3) is 16.7 Å². The molecule has 0 unspecified atom stereocenters. The Bertz CT molecular complexity index is 702. The van der Waals surface area contributed by atoms with Crippen LogP contribution in [0.4, 0.5) is 0 Å². The molecule has 0 N–H and O–H groups in total. The van der Waals surface area contributed by atoms with Gasteiger partial charge in [-0.05, 0) is 18.4 Å². The van der Waals surface area contributed by atoms with E-state index in [0.717, 1.165) is 12.8 Å². The first-order chi connectivity index (χ1) is 8.92. The van der Waals surface area contributed by atoms with Crippen molar-refractivity contribution in [1.82, 2.24) is 0 Å². The average molecular weight is 479 g/mol. The van der Waals surface area contributed by atoms with Gasteiger partial charge in [-0.1, -0.05) is 47.5 Å². The zero-order valence-corrected chi connectivity index (χ0v) is 16.5. The Balaban J connectivity index is 0.000000735. The molecule has 0 saturated heterocycles. The van der Waals surface area contributed by atoms with Crippen molar-refractivity contribution in [1.29, 1.82) is 0 Å². The molecule has 0 fully saturated rings. The third-order valence-electron chi connectivity index (χ3n) is 3.82. The van der Waals surface area contributed by atoms with Crippen LogP contribution in [-0.2, 0) is 32.3 Å². The molecule has 0 heterocycles. The minimum Gasteiger partial charge on any atom is -1.00 e. The quantitative estimate of drug-likeness (QED) is 0.292. The third kappa shape index (κ3) is 3.26. The molecule has 2 aliphatic carbocycles. The van der Waals surface area contributed by atoms with Gasteiger partial charge in [0.1, 0.15) is 0 Å². The Morgan fingerprint density at radius 1 is 0.905 bits per heavy atom. The maximum Gasteiger partial charge on any atom is 0 e. The summed E-state index contributed by atoms with van der Waals surface area (Å²) in [7, 11) is 0. The van der Waals surface area contributed by atoms with E-state index in [-0.39, 0.29) is 50.7 Å². The van der Waals surface area contributed by atoms with Crippen molar-refractivity contribution < 1.29 is 50.7 Å². The largest absolute Gasteiger partial charge is 1.00 e. The Labute approximate surface area is 157 Å². The number of fused-ring (bicyclic) bond motifs is 3. The van der Waals surface area contributed by atoms with Crippen molar-refractivity contribution in [3.63, 3.8) is 0 Å². The minimum absolute atomic E-state index is 0. The van der Waals surface area contributed by atoms with Crippen molar-refractivity contribution in [2.24, 2.45) is 0 Å². The van der Waals surface area contributed by atoms with Crippen molar-refractivity contribution in [2.75, 3.05) is 0 Å². The number of halogens is 2. The SMILES string of the molecule is [Cl-].[Cl-].[Hf].[c-]1c(C2=CC=CC2)ccc2c1Cc1ccccc1-2. The molecule has 0 nitrogen and oxygen atoms in total. The van der Waals surface area contributed by atoms with Crippen LogP contribution in [0, 0.1) is 6.07 Å². The summed E-state index contributed by atoms with van der Waals surface area (Å²) < 4.78 is 0. The summed E-state index contributed by atoms with van der Waals surface area (Å²) in [4.78, 5) is 0. The van der Waals surface area contributed by atoms with Gasteiger partial charge in [-0.25, -0.2) is 0 Å². The monoisotopic (exact) mass is 479 g/mol. The van der Waals surface area contributed by atoms with Gasteiger partial charge in [0.15, 0.2) is 0 Å². The molecule has 0 saturated carbocycles. The van der Waals surface area contributed by atoms with Crippen molar-refractivity contribution in [3.05, 3.63) is 77.4 Å². The molecule has 0 aromatic heterocycles. The molecule has 2 aromatic rings. The van der Waals surface area contributed by atoms with Gasteiger partial charge >= 0.3 is 0 Å². The summed E-state index contributed by atoms with van der Waals surface area (Å²) in [6.07, 6.45) is 8.60. The Hall–Kier alpha value is -0.630. The zero-order chi connectivity index (χ0) is 11.9. The Morgan fingerprint density at radius 2 is 1.71 bits per heavy atom. The fourth-order valence-corrected chi connectivity index (χ4v) is 2.89. The average Bonchev–Trinajstić information content (AvgIpc) is 3.05. The first-order valence-corrected chi connectivity index (χ1v) is 6.41. The second kappa shape index (κ2) is 7.58. The van der Waals surface area contributed by atoms with Crippen LogP contribution in [0.3, 0.4) is 0 Å². The second-order valence-corrected chi connectivity index (χ2v) is 4.92. The summed E-state index contributed by atoms with van der Waals surface area (Å²) in [5.74, 6) is 0. The van der Waals surface area contributed by atoms with Crippen LogP contribution in [0.15, 0.2) is 54.6 Å². The molecule has 0 radical (unpaired) electrons. The van der Waals surface area contributed by atoms with Gasteiger partial charge in [-0.3, -0.25) is 0 Å². The standard InChI is InChI=1S/C18H13.2ClH.Hf/c1-2-6-13(5-1)14-9-10-18-16(11-14)12-15-7-3-4-8-17(15)18;;;/h1-5,7-10H,6,12H2;2*1H;/q-1;;;/p-2. The predicted octanol–water partition coefficient (Wildman–Crippen LogP) is -1.59. The van der Waals surface area contributed by atoms with Crippen molar-refractivity contribution in [2.45, 2.75) is 12.8 Å². The number of rotatable bonds is 1. The predicted molar refractivity (Wildman–Crippen MR) is 75.3 cm³/mol. The topological polar surface area (TPSA) is 0 Å². The zero-order valence-electron chi connectivity index (χ0n) is 11.4. The molecule has 21 heavy (non-hydrogen) atoms. The molecule has 0 amide bonds. The Morgan fingerprint density at radius 3 is 2.48 bits per heavy atom. The van der Waals surface area contributed by atoms with E-state index < -0.39 is 0 Å². The van der Waals surface area contributed by atoms with E-state index in [9.17, 15) is 0 Å². The van der Waals surface area contributed by atoms with Gasteiger partial charge in [0.25, 0.3) is 0 Å². The Kier molecular flexibility index (Phi) is 6.65. The molecule has 0 atom stereocenters. The van der Waals surface area contributed by atoms with Crippen molar-refractivity contribution >= 4 is 5.57 Å². The maximum atomic E-state index is 3.61. The van der Waals surface area contributed by atoms with Gasteiger partial charge in [-0.15, -0.1) is 41.0 Å². The van der Waals surface area contributed by atoms with E-state index in [4.69, 9.17) is 0 Å². The summed E-state index contributed by atoms with van der Waals surface area (Å²) >= 11 is 0. The van der Waals surface area contributed by atoms with Gasteiger partial charge in [0, 0.05) is 25.8 Å². The number of benzene rings is 2. The van der Waals surface area contributed by atoms with Gasteiger partial charge in [0.05, 0.1) is 0 Å². The van der Waals surface area contributed by atoms with Gasteiger partial charge in [0.2, 0.25) is 0 Å². The molecule has 4 rings (SSSR count). The van der Waals surface area contributed by atoms with Crippen LogP contribution in [0.1, 0.15) is 23.1 Å². The first kappa shape index (κ1) is 18.4. The second-order valence-electron chi connectivity index (χ2n) is 4.92. The van der Waals surface area contributed by atoms with E-state index in [2.05, 4.69) is 60.7 Å².